The van der Waals surface area contributed by atoms with Crippen molar-refractivity contribution in [3.05, 3.63) is 23.9 Å². The van der Waals surface area contributed by atoms with E-state index in [9.17, 15) is 4.79 Å². The van der Waals surface area contributed by atoms with Crippen molar-refractivity contribution < 1.29 is 9.90 Å². The minimum Gasteiger partial charge on any atom is -0.481 e. The third-order valence-electron chi connectivity index (χ3n) is 1.20. The van der Waals surface area contributed by atoms with E-state index >= 15 is 0 Å². The van der Waals surface area contributed by atoms with Crippen LogP contribution in [0.1, 0.15) is 5.56 Å². The molecule has 0 unspecified atom stereocenters. The van der Waals surface area contributed by atoms with Gasteiger partial charge in [0.05, 0.1) is 6.42 Å². The van der Waals surface area contributed by atoms with Crippen LogP contribution in [0.2, 0.25) is 0 Å². The molecule has 0 aliphatic carbocycles. The molecule has 0 aromatic carbocycles. The zero-order valence-electron chi connectivity index (χ0n) is 6.23. The molecule has 4 nitrogen and oxygen atoms in total. The molecule has 0 aliphatic heterocycles. The predicted octanol–water partition coefficient (Wildman–Crippen LogP) is 0.713. The lowest BCUT2D eigenvalue weighted by Gasteiger charge is -1.96. The molecule has 0 fully saturated rings. The molecule has 0 saturated carbocycles. The number of nitrogen functional groups attached to an aromatic ring is 1. The second-order valence-corrected chi connectivity index (χ2v) is 2.16. The Hall–Kier alpha value is -1.29. The van der Waals surface area contributed by atoms with Crippen LogP contribution in [-0.4, -0.2) is 16.1 Å². The molecule has 1 rings (SSSR count). The number of halogens is 1. The van der Waals surface area contributed by atoms with Crippen LogP contribution in [0, 0.1) is 0 Å². The van der Waals surface area contributed by atoms with Gasteiger partial charge in [0.15, 0.2) is 0 Å². The van der Waals surface area contributed by atoms with Crippen molar-refractivity contribution in [1.82, 2.24) is 4.98 Å². The number of pyridine rings is 1. The van der Waals surface area contributed by atoms with Crippen LogP contribution in [0.5, 0.6) is 0 Å². The first-order chi connectivity index (χ1) is 5.18. The predicted molar refractivity (Wildman–Crippen MR) is 47.2 cm³/mol. The fraction of sp³-hybridized carbons (Fsp3) is 0.143. The van der Waals surface area contributed by atoms with Crippen molar-refractivity contribution >= 4 is 24.2 Å². The fourth-order valence-corrected chi connectivity index (χ4v) is 0.779. The molecule has 3 N–H and O–H groups in total. The quantitative estimate of drug-likeness (QED) is 0.717. The second kappa shape index (κ2) is 4.56. The Bertz CT molecular complexity index is 278. The number of hydrogen-bond acceptors (Lipinski definition) is 3. The minimum atomic E-state index is -0.865. The van der Waals surface area contributed by atoms with Crippen molar-refractivity contribution in [2.75, 3.05) is 5.73 Å². The van der Waals surface area contributed by atoms with Gasteiger partial charge in [0.2, 0.25) is 0 Å². The van der Waals surface area contributed by atoms with E-state index in [0.29, 0.717) is 11.4 Å². The van der Waals surface area contributed by atoms with E-state index in [0.717, 1.165) is 0 Å². The summed E-state index contributed by atoms with van der Waals surface area (Å²) in [5.74, 6) is -0.514. The van der Waals surface area contributed by atoms with Crippen LogP contribution in [0.25, 0.3) is 0 Å². The van der Waals surface area contributed by atoms with Crippen molar-refractivity contribution in [3.63, 3.8) is 0 Å². The van der Waals surface area contributed by atoms with Gasteiger partial charge in [-0.25, -0.2) is 4.98 Å². The Labute approximate surface area is 75.8 Å². The number of carboxylic acids is 1. The number of carbonyl (C=O) groups is 1. The molecule has 0 amide bonds. The molecule has 1 heterocycles. The first-order valence-corrected chi connectivity index (χ1v) is 3.10. The highest BCUT2D eigenvalue weighted by Crippen LogP contribution is 2.02. The van der Waals surface area contributed by atoms with Crippen molar-refractivity contribution in [3.8, 4) is 0 Å². The molecule has 0 saturated heterocycles. The van der Waals surface area contributed by atoms with Crippen molar-refractivity contribution in [1.29, 1.82) is 0 Å². The molecule has 0 spiro atoms. The standard InChI is InChI=1S/C7H8N2O2.ClH/c8-6-3-5(1-2-9-6)4-7(10)11;/h1-3H,4H2,(H2,8,9)(H,10,11);1H. The smallest absolute Gasteiger partial charge is 0.307 e. The Morgan fingerprint density at radius 3 is 2.83 bits per heavy atom. The number of nitrogens with zero attached hydrogens (tertiary/aromatic N) is 1. The van der Waals surface area contributed by atoms with Crippen molar-refractivity contribution in [2.24, 2.45) is 0 Å². The molecule has 1 aromatic rings. The topological polar surface area (TPSA) is 76.2 Å². The lowest BCUT2D eigenvalue weighted by Crippen LogP contribution is -2.01. The summed E-state index contributed by atoms with van der Waals surface area (Å²) in [6.07, 6.45) is 1.49. The lowest BCUT2D eigenvalue weighted by molar-refractivity contribution is -0.136. The number of anilines is 1. The maximum absolute atomic E-state index is 10.2. The van der Waals surface area contributed by atoms with Gasteiger partial charge in [-0.3, -0.25) is 4.79 Å². The summed E-state index contributed by atoms with van der Waals surface area (Å²) < 4.78 is 0. The largest absolute Gasteiger partial charge is 0.481 e. The van der Waals surface area contributed by atoms with Gasteiger partial charge in [-0.15, -0.1) is 12.4 Å². The molecule has 0 bridgehead atoms. The van der Waals surface area contributed by atoms with Gasteiger partial charge in [-0.1, -0.05) is 0 Å². The zero-order chi connectivity index (χ0) is 8.27. The van der Waals surface area contributed by atoms with E-state index in [1.807, 2.05) is 0 Å². The first-order valence-electron chi connectivity index (χ1n) is 3.10. The summed E-state index contributed by atoms with van der Waals surface area (Å²) in [6.45, 7) is 0. The lowest BCUT2D eigenvalue weighted by atomic mass is 10.2. The van der Waals surface area contributed by atoms with Crippen LogP contribution in [0.15, 0.2) is 18.3 Å². The number of rotatable bonds is 2. The normalized spacial score (nSPS) is 8.67. The minimum absolute atomic E-state index is 0. The maximum atomic E-state index is 10.2. The third-order valence-corrected chi connectivity index (χ3v) is 1.20. The molecule has 0 aliphatic rings. The highest BCUT2D eigenvalue weighted by Gasteiger charge is 1.99. The van der Waals surface area contributed by atoms with Crippen LogP contribution < -0.4 is 5.73 Å². The molecule has 0 atom stereocenters. The van der Waals surface area contributed by atoms with E-state index in [4.69, 9.17) is 10.8 Å². The monoisotopic (exact) mass is 188 g/mol. The molecular weight excluding hydrogens is 180 g/mol. The number of aromatic nitrogens is 1. The number of carboxylic acid groups (broad SMARTS) is 1. The summed E-state index contributed by atoms with van der Waals surface area (Å²) in [5.41, 5.74) is 6.00. The Balaban J connectivity index is 0.00000121. The van der Waals surface area contributed by atoms with Crippen LogP contribution in [-0.2, 0) is 11.2 Å². The van der Waals surface area contributed by atoms with Gasteiger partial charge < -0.3 is 10.8 Å². The first kappa shape index (κ1) is 10.7. The Kier molecular flexibility index (Phi) is 4.07. The van der Waals surface area contributed by atoms with Gasteiger partial charge in [-0.2, -0.15) is 0 Å². The summed E-state index contributed by atoms with van der Waals surface area (Å²) >= 11 is 0. The molecule has 1 aromatic heterocycles. The fourth-order valence-electron chi connectivity index (χ4n) is 0.779. The van der Waals surface area contributed by atoms with Gasteiger partial charge in [0.25, 0.3) is 0 Å². The summed E-state index contributed by atoms with van der Waals surface area (Å²) in [5, 5.41) is 8.40. The Morgan fingerprint density at radius 2 is 2.33 bits per heavy atom. The molecule has 12 heavy (non-hydrogen) atoms. The Morgan fingerprint density at radius 1 is 1.67 bits per heavy atom. The van der Waals surface area contributed by atoms with Gasteiger partial charge in [-0.05, 0) is 17.7 Å². The third kappa shape index (κ3) is 3.21. The molecule has 5 heteroatoms. The van der Waals surface area contributed by atoms with Crippen LogP contribution in [0.4, 0.5) is 5.82 Å². The molecular formula is C7H9ClN2O2. The average molecular weight is 189 g/mol. The second-order valence-electron chi connectivity index (χ2n) is 2.16. The SMILES string of the molecule is Cl.Nc1cc(CC(=O)O)ccn1. The van der Waals surface area contributed by atoms with Crippen LogP contribution >= 0.6 is 12.4 Å². The highest BCUT2D eigenvalue weighted by atomic mass is 35.5. The van der Waals surface area contributed by atoms with Crippen LogP contribution in [0.3, 0.4) is 0 Å². The number of hydrogen-bond donors (Lipinski definition) is 2. The number of nitrogens with two attached hydrogens (primary N) is 1. The van der Waals surface area contributed by atoms with E-state index in [2.05, 4.69) is 4.98 Å². The molecule has 66 valence electrons. The summed E-state index contributed by atoms with van der Waals surface area (Å²) in [4.78, 5) is 14.0. The highest BCUT2D eigenvalue weighted by molar-refractivity contribution is 5.85. The van der Waals surface area contributed by atoms with Gasteiger partial charge >= 0.3 is 5.97 Å². The summed E-state index contributed by atoms with van der Waals surface area (Å²) in [7, 11) is 0. The van der Waals surface area contributed by atoms with Gasteiger partial charge in [0.1, 0.15) is 5.82 Å². The van der Waals surface area contributed by atoms with E-state index in [-0.39, 0.29) is 18.8 Å². The van der Waals surface area contributed by atoms with E-state index < -0.39 is 5.97 Å². The van der Waals surface area contributed by atoms with Gasteiger partial charge in [0, 0.05) is 6.20 Å². The zero-order valence-corrected chi connectivity index (χ0v) is 7.04. The van der Waals surface area contributed by atoms with E-state index in [1.54, 1.807) is 12.1 Å². The number of aliphatic carboxylic acids is 1. The maximum Gasteiger partial charge on any atom is 0.307 e. The van der Waals surface area contributed by atoms with E-state index in [1.165, 1.54) is 6.20 Å². The molecule has 0 radical (unpaired) electrons. The summed E-state index contributed by atoms with van der Waals surface area (Å²) in [6, 6.07) is 3.18. The van der Waals surface area contributed by atoms with Crippen molar-refractivity contribution in [2.45, 2.75) is 6.42 Å². The average Bonchev–Trinajstić information content (AvgIpc) is 1.85.